The summed E-state index contributed by atoms with van der Waals surface area (Å²) in [7, 11) is 0. The zero-order valence-corrected chi connectivity index (χ0v) is 18.6. The van der Waals surface area contributed by atoms with Crippen LogP contribution in [-0.4, -0.2) is 19.7 Å². The molecular formula is C25H19BrN4O. The van der Waals surface area contributed by atoms with Gasteiger partial charge in [0.1, 0.15) is 5.39 Å². The molecule has 0 unspecified atom stereocenters. The van der Waals surface area contributed by atoms with Gasteiger partial charge in [0.2, 0.25) is 0 Å². The van der Waals surface area contributed by atoms with Crippen LogP contribution in [-0.2, 0) is 0 Å². The van der Waals surface area contributed by atoms with Crippen LogP contribution in [0.2, 0.25) is 0 Å². The predicted molar refractivity (Wildman–Crippen MR) is 128 cm³/mol. The highest BCUT2D eigenvalue weighted by atomic mass is 79.9. The quantitative estimate of drug-likeness (QED) is 0.361. The lowest BCUT2D eigenvalue weighted by Crippen LogP contribution is -2.07. The Hall–Kier alpha value is -3.51. The number of aromatic amines is 1. The third-order valence-electron chi connectivity index (χ3n) is 5.45. The zero-order chi connectivity index (χ0) is 21.5. The zero-order valence-electron chi connectivity index (χ0n) is 17.1. The van der Waals surface area contributed by atoms with Crippen molar-refractivity contribution in [2.45, 2.75) is 13.8 Å². The van der Waals surface area contributed by atoms with Crippen LogP contribution in [0.3, 0.4) is 0 Å². The van der Waals surface area contributed by atoms with Gasteiger partial charge < -0.3 is 4.98 Å². The Bertz CT molecular complexity index is 1480. The second kappa shape index (κ2) is 7.63. The molecule has 0 aliphatic rings. The molecule has 0 aliphatic carbocycles. The molecule has 1 N–H and O–H groups in total. The molecule has 5 aromatic rings. The Morgan fingerprint density at radius 2 is 1.77 bits per heavy atom. The Labute approximate surface area is 187 Å². The van der Waals surface area contributed by atoms with E-state index in [1.165, 1.54) is 17.5 Å². The number of nitrogens with zero attached hydrogens (tertiary/aromatic N) is 3. The minimum absolute atomic E-state index is 0.202. The molecule has 5 nitrogen and oxygen atoms in total. The second-order valence-electron chi connectivity index (χ2n) is 7.55. The molecule has 0 spiro atoms. The summed E-state index contributed by atoms with van der Waals surface area (Å²) in [6, 6.07) is 20.9. The molecule has 0 saturated heterocycles. The van der Waals surface area contributed by atoms with Crippen LogP contribution in [0, 0.1) is 13.8 Å². The number of nitrogens with one attached hydrogen (secondary N) is 1. The third-order valence-corrected chi connectivity index (χ3v) is 5.98. The Morgan fingerprint density at radius 1 is 0.968 bits per heavy atom. The molecule has 3 aromatic carbocycles. The van der Waals surface area contributed by atoms with E-state index >= 15 is 0 Å². The van der Waals surface area contributed by atoms with E-state index in [0.717, 1.165) is 32.4 Å². The number of benzene rings is 3. The molecule has 5 rings (SSSR count). The van der Waals surface area contributed by atoms with Gasteiger partial charge in [-0.05, 0) is 54.3 Å². The summed E-state index contributed by atoms with van der Waals surface area (Å²) < 4.78 is 2.76. The molecule has 0 atom stereocenters. The van der Waals surface area contributed by atoms with Crippen molar-refractivity contribution in [2.75, 3.05) is 0 Å². The van der Waals surface area contributed by atoms with Gasteiger partial charge in [-0.2, -0.15) is 5.10 Å². The van der Waals surface area contributed by atoms with Crippen molar-refractivity contribution >= 4 is 27.0 Å². The van der Waals surface area contributed by atoms with Crippen LogP contribution in [0.4, 0.5) is 0 Å². The molecule has 2 heterocycles. The summed E-state index contributed by atoms with van der Waals surface area (Å²) in [6.07, 6.45) is 2.98. The van der Waals surface area contributed by atoms with Crippen LogP contribution in [0.15, 0.2) is 82.5 Å². The topological polar surface area (TPSA) is 63.6 Å². The largest absolute Gasteiger partial charge is 0.312 e. The van der Waals surface area contributed by atoms with Crippen LogP contribution < -0.4 is 5.56 Å². The molecule has 0 fully saturated rings. The average molecular weight is 471 g/mol. The van der Waals surface area contributed by atoms with Gasteiger partial charge in [-0.1, -0.05) is 64.0 Å². The number of hydrogen-bond donors (Lipinski definition) is 1. The maximum absolute atomic E-state index is 12.2. The number of H-pyrrole nitrogens is 1. The van der Waals surface area contributed by atoms with Gasteiger partial charge in [-0.25, -0.2) is 9.67 Å². The van der Waals surface area contributed by atoms with Crippen LogP contribution in [0.25, 0.3) is 39.0 Å². The summed E-state index contributed by atoms with van der Waals surface area (Å²) in [5.41, 5.74) is 7.98. The SMILES string of the molecule is Cc1ccc(-c2cccc(-n3ncc4c(=O)[nH]cnc43)c2-c2ccc(Br)cc2)c(C)c1. The van der Waals surface area contributed by atoms with E-state index in [4.69, 9.17) is 0 Å². The molecule has 152 valence electrons. The van der Waals surface area contributed by atoms with E-state index in [1.807, 2.05) is 24.3 Å². The minimum atomic E-state index is -0.202. The number of hydrogen-bond acceptors (Lipinski definition) is 3. The summed E-state index contributed by atoms with van der Waals surface area (Å²) in [6.45, 7) is 4.23. The molecule has 0 radical (unpaired) electrons. The van der Waals surface area contributed by atoms with Crippen molar-refractivity contribution in [3.8, 4) is 27.9 Å². The van der Waals surface area contributed by atoms with Gasteiger partial charge in [0.25, 0.3) is 5.56 Å². The fourth-order valence-electron chi connectivity index (χ4n) is 4.01. The van der Waals surface area contributed by atoms with E-state index in [-0.39, 0.29) is 5.56 Å². The number of aromatic nitrogens is 4. The molecular weight excluding hydrogens is 452 g/mol. The Morgan fingerprint density at radius 3 is 2.55 bits per heavy atom. The average Bonchev–Trinajstić information content (AvgIpc) is 3.19. The fourth-order valence-corrected chi connectivity index (χ4v) is 4.27. The highest BCUT2D eigenvalue weighted by molar-refractivity contribution is 9.10. The molecule has 0 amide bonds. The monoisotopic (exact) mass is 470 g/mol. The maximum Gasteiger partial charge on any atom is 0.261 e. The first-order valence-corrected chi connectivity index (χ1v) is 10.7. The number of fused-ring (bicyclic) bond motifs is 1. The fraction of sp³-hybridized carbons (Fsp3) is 0.0800. The van der Waals surface area contributed by atoms with Crippen molar-refractivity contribution in [3.05, 3.63) is 99.1 Å². The first kappa shape index (κ1) is 19.5. The highest BCUT2D eigenvalue weighted by Gasteiger charge is 2.18. The third kappa shape index (κ3) is 3.39. The lowest BCUT2D eigenvalue weighted by Gasteiger charge is -2.18. The molecule has 2 aromatic heterocycles. The van der Waals surface area contributed by atoms with Crippen molar-refractivity contribution in [3.63, 3.8) is 0 Å². The van der Waals surface area contributed by atoms with Crippen LogP contribution in [0.1, 0.15) is 11.1 Å². The predicted octanol–water partition coefficient (Wildman–Crippen LogP) is 5.82. The highest BCUT2D eigenvalue weighted by Crippen LogP contribution is 2.39. The molecule has 0 bridgehead atoms. The smallest absolute Gasteiger partial charge is 0.261 e. The van der Waals surface area contributed by atoms with Crippen LogP contribution in [0.5, 0.6) is 0 Å². The second-order valence-corrected chi connectivity index (χ2v) is 8.47. The van der Waals surface area contributed by atoms with E-state index in [2.05, 4.69) is 81.2 Å². The number of rotatable bonds is 3. The summed E-state index contributed by atoms with van der Waals surface area (Å²) in [5, 5.41) is 4.99. The van der Waals surface area contributed by atoms with Crippen molar-refractivity contribution in [1.82, 2.24) is 19.7 Å². The van der Waals surface area contributed by atoms with Gasteiger partial charge in [-0.15, -0.1) is 0 Å². The lowest BCUT2D eigenvalue weighted by molar-refractivity contribution is 0.896. The minimum Gasteiger partial charge on any atom is -0.312 e. The van der Waals surface area contributed by atoms with E-state index in [1.54, 1.807) is 10.9 Å². The number of halogens is 1. The molecule has 0 aliphatic heterocycles. The molecule has 31 heavy (non-hydrogen) atoms. The molecule has 0 saturated carbocycles. The van der Waals surface area contributed by atoms with Crippen molar-refractivity contribution < 1.29 is 0 Å². The molecule has 6 heteroatoms. The normalized spacial score (nSPS) is 11.2. The summed E-state index contributed by atoms with van der Waals surface area (Å²) in [4.78, 5) is 19.2. The van der Waals surface area contributed by atoms with Gasteiger partial charge in [0.05, 0.1) is 18.2 Å². The maximum atomic E-state index is 12.2. The summed E-state index contributed by atoms with van der Waals surface area (Å²) >= 11 is 3.53. The van der Waals surface area contributed by atoms with Gasteiger partial charge in [0, 0.05) is 10.0 Å². The lowest BCUT2D eigenvalue weighted by atomic mass is 9.90. The van der Waals surface area contributed by atoms with E-state index in [0.29, 0.717) is 11.0 Å². The number of aryl methyl sites for hydroxylation is 2. The Kier molecular flexibility index (Phi) is 4.79. The Balaban J connectivity index is 1.86. The van der Waals surface area contributed by atoms with Gasteiger partial charge in [0.15, 0.2) is 5.65 Å². The van der Waals surface area contributed by atoms with Crippen molar-refractivity contribution in [1.29, 1.82) is 0 Å². The van der Waals surface area contributed by atoms with Crippen molar-refractivity contribution in [2.24, 2.45) is 0 Å². The standard InChI is InChI=1S/C25H19BrN4O/c1-15-6-11-19(16(2)12-15)20-4-3-5-22(23(20)17-7-9-18(26)10-8-17)30-24-21(13-29-30)25(31)28-14-27-24/h3-14H,1-2H3,(H,27,28,31). The first-order valence-electron chi connectivity index (χ1n) is 9.91. The van der Waals surface area contributed by atoms with Crippen LogP contribution >= 0.6 is 15.9 Å². The van der Waals surface area contributed by atoms with Gasteiger partial charge in [-0.3, -0.25) is 4.79 Å². The van der Waals surface area contributed by atoms with E-state index in [9.17, 15) is 4.79 Å². The summed E-state index contributed by atoms with van der Waals surface area (Å²) in [5.74, 6) is 0. The van der Waals surface area contributed by atoms with Gasteiger partial charge >= 0.3 is 0 Å². The van der Waals surface area contributed by atoms with E-state index < -0.39 is 0 Å². The first-order chi connectivity index (χ1) is 15.0.